The number of sulfonamides is 1. The van der Waals surface area contributed by atoms with Crippen molar-refractivity contribution in [3.63, 3.8) is 0 Å². The second-order valence-corrected chi connectivity index (χ2v) is 6.55. The fourth-order valence-corrected chi connectivity index (χ4v) is 2.67. The predicted octanol–water partition coefficient (Wildman–Crippen LogP) is 1.47. The predicted molar refractivity (Wildman–Crippen MR) is 74.7 cm³/mol. The Morgan fingerprint density at radius 1 is 1.50 bits per heavy atom. The van der Waals surface area contributed by atoms with E-state index < -0.39 is 16.1 Å². The molecule has 0 saturated heterocycles. The Hall–Kier alpha value is -0.630. The summed E-state index contributed by atoms with van der Waals surface area (Å²) in [5, 5.41) is 9.34. The molecular weight excluding hydrogens is 320 g/mol. The van der Waals surface area contributed by atoms with Crippen molar-refractivity contribution in [2.45, 2.75) is 30.8 Å². The van der Waals surface area contributed by atoms with Gasteiger partial charge in [0.2, 0.25) is 10.0 Å². The molecule has 0 amide bonds. The van der Waals surface area contributed by atoms with Gasteiger partial charge in [0.25, 0.3) is 0 Å². The summed E-state index contributed by atoms with van der Waals surface area (Å²) in [6.07, 6.45) is 0.511. The van der Waals surface area contributed by atoms with E-state index in [1.165, 1.54) is 12.1 Å². The Balaban J connectivity index is 2.71. The topological polar surface area (TPSA) is 92.4 Å². The summed E-state index contributed by atoms with van der Waals surface area (Å²) >= 11 is 3.20. The Morgan fingerprint density at radius 3 is 2.72 bits per heavy atom. The van der Waals surface area contributed by atoms with E-state index in [0.717, 1.165) is 0 Å². The molecule has 102 valence electrons. The molecule has 1 rings (SSSR count). The van der Waals surface area contributed by atoms with Gasteiger partial charge in [0, 0.05) is 16.7 Å². The zero-order valence-electron chi connectivity index (χ0n) is 10.1. The van der Waals surface area contributed by atoms with Crippen molar-refractivity contribution in [3.8, 4) is 0 Å². The molecule has 1 aromatic carbocycles. The highest BCUT2D eigenvalue weighted by Crippen LogP contribution is 2.22. The number of rotatable bonds is 6. The monoisotopic (exact) mass is 336 g/mol. The Morgan fingerprint density at radius 2 is 2.17 bits per heavy atom. The molecule has 0 fully saturated rings. The minimum absolute atomic E-state index is 0.120. The molecule has 1 aromatic rings. The van der Waals surface area contributed by atoms with Crippen molar-refractivity contribution in [2.24, 2.45) is 0 Å². The fraction of sp³-hybridized carbons (Fsp3) is 0.455. The molecule has 7 heteroatoms. The van der Waals surface area contributed by atoms with Crippen molar-refractivity contribution in [1.29, 1.82) is 0 Å². The average Bonchev–Trinajstić information content (AvgIpc) is 2.32. The second kappa shape index (κ2) is 6.51. The maximum Gasteiger partial charge on any atom is 0.240 e. The van der Waals surface area contributed by atoms with Crippen LogP contribution < -0.4 is 10.5 Å². The van der Waals surface area contributed by atoms with Crippen molar-refractivity contribution < 1.29 is 13.5 Å². The summed E-state index contributed by atoms with van der Waals surface area (Å²) in [6, 6.07) is 4.45. The van der Waals surface area contributed by atoms with Gasteiger partial charge in [0.15, 0.2) is 0 Å². The van der Waals surface area contributed by atoms with E-state index in [-0.39, 0.29) is 11.4 Å². The summed E-state index contributed by atoms with van der Waals surface area (Å²) in [5.74, 6) is 0. The van der Waals surface area contributed by atoms with E-state index in [0.29, 0.717) is 23.0 Å². The number of hydrogen-bond acceptors (Lipinski definition) is 4. The number of nitrogen functional groups attached to an aromatic ring is 1. The van der Waals surface area contributed by atoms with Crippen molar-refractivity contribution in [2.75, 3.05) is 12.3 Å². The van der Waals surface area contributed by atoms with Gasteiger partial charge in [-0.2, -0.15) is 0 Å². The van der Waals surface area contributed by atoms with Crippen LogP contribution in [-0.4, -0.2) is 26.2 Å². The summed E-state index contributed by atoms with van der Waals surface area (Å²) in [5.41, 5.74) is 6.00. The molecule has 0 bridgehead atoms. The largest absolute Gasteiger partial charge is 0.398 e. The number of aliphatic hydroxyl groups is 1. The highest BCUT2D eigenvalue weighted by molar-refractivity contribution is 9.10. The summed E-state index contributed by atoms with van der Waals surface area (Å²) in [4.78, 5) is 0.120. The molecule has 0 aliphatic carbocycles. The zero-order valence-corrected chi connectivity index (χ0v) is 12.5. The number of hydrogen-bond donors (Lipinski definition) is 3. The lowest BCUT2D eigenvalue weighted by molar-refractivity contribution is 0.162. The van der Waals surface area contributed by atoms with Crippen LogP contribution in [0, 0.1) is 0 Å². The first-order valence-corrected chi connectivity index (χ1v) is 7.87. The quantitative estimate of drug-likeness (QED) is 0.686. The van der Waals surface area contributed by atoms with Gasteiger partial charge >= 0.3 is 0 Å². The lowest BCUT2D eigenvalue weighted by Gasteiger charge is -2.10. The SMILES string of the molecule is CCC(O)CCNS(=O)(=O)c1ccc(Br)c(N)c1. The number of anilines is 1. The van der Waals surface area contributed by atoms with Gasteiger partial charge in [-0.05, 0) is 47.0 Å². The molecule has 1 unspecified atom stereocenters. The maximum atomic E-state index is 11.9. The molecule has 0 saturated carbocycles. The molecular formula is C11H17BrN2O3S. The van der Waals surface area contributed by atoms with E-state index >= 15 is 0 Å². The average molecular weight is 337 g/mol. The van der Waals surface area contributed by atoms with Gasteiger partial charge < -0.3 is 10.8 Å². The summed E-state index contributed by atoms with van der Waals surface area (Å²) in [6.45, 7) is 2.04. The number of nitrogens with one attached hydrogen (secondary N) is 1. The third kappa shape index (κ3) is 4.24. The molecule has 1 atom stereocenters. The molecule has 5 nitrogen and oxygen atoms in total. The summed E-state index contributed by atoms with van der Waals surface area (Å²) in [7, 11) is -3.57. The molecule has 0 aromatic heterocycles. The maximum absolute atomic E-state index is 11.9. The van der Waals surface area contributed by atoms with E-state index in [1.54, 1.807) is 6.07 Å². The third-order valence-corrected chi connectivity index (χ3v) is 4.70. The van der Waals surface area contributed by atoms with Crippen LogP contribution in [0.15, 0.2) is 27.6 Å². The van der Waals surface area contributed by atoms with Crippen molar-refractivity contribution >= 4 is 31.6 Å². The highest BCUT2D eigenvalue weighted by Gasteiger charge is 2.15. The van der Waals surface area contributed by atoms with Crippen LogP contribution in [0.5, 0.6) is 0 Å². The lowest BCUT2D eigenvalue weighted by Crippen LogP contribution is -2.27. The summed E-state index contributed by atoms with van der Waals surface area (Å²) < 4.78 is 26.9. The molecule has 0 aliphatic heterocycles. The number of aliphatic hydroxyl groups excluding tert-OH is 1. The van der Waals surface area contributed by atoms with E-state index in [9.17, 15) is 13.5 Å². The van der Waals surface area contributed by atoms with Gasteiger partial charge in [-0.1, -0.05) is 6.92 Å². The zero-order chi connectivity index (χ0) is 13.8. The fourth-order valence-electron chi connectivity index (χ4n) is 1.34. The van der Waals surface area contributed by atoms with E-state index in [1.807, 2.05) is 6.92 Å². The molecule has 0 heterocycles. The molecule has 4 N–H and O–H groups in total. The van der Waals surface area contributed by atoms with Crippen LogP contribution in [0.25, 0.3) is 0 Å². The molecule has 0 aliphatic rings. The van der Waals surface area contributed by atoms with Gasteiger partial charge in [-0.3, -0.25) is 0 Å². The third-order valence-electron chi connectivity index (χ3n) is 2.52. The van der Waals surface area contributed by atoms with Crippen LogP contribution in [0.1, 0.15) is 19.8 Å². The first-order chi connectivity index (χ1) is 8.36. The number of halogens is 1. The number of nitrogens with two attached hydrogens (primary N) is 1. The van der Waals surface area contributed by atoms with E-state index in [4.69, 9.17) is 5.73 Å². The second-order valence-electron chi connectivity index (χ2n) is 3.93. The van der Waals surface area contributed by atoms with Crippen molar-refractivity contribution in [1.82, 2.24) is 4.72 Å². The normalized spacial score (nSPS) is 13.5. The minimum Gasteiger partial charge on any atom is -0.398 e. The highest BCUT2D eigenvalue weighted by atomic mass is 79.9. The van der Waals surface area contributed by atoms with Crippen molar-refractivity contribution in [3.05, 3.63) is 22.7 Å². The molecule has 0 spiro atoms. The Labute approximate surface area is 116 Å². The Bertz CT molecular complexity index is 505. The smallest absolute Gasteiger partial charge is 0.240 e. The first kappa shape index (κ1) is 15.4. The van der Waals surface area contributed by atoms with E-state index in [2.05, 4.69) is 20.7 Å². The van der Waals surface area contributed by atoms with Gasteiger partial charge in [0.1, 0.15) is 0 Å². The number of benzene rings is 1. The molecule has 18 heavy (non-hydrogen) atoms. The van der Waals surface area contributed by atoms with Crippen LogP contribution >= 0.6 is 15.9 Å². The van der Waals surface area contributed by atoms with Crippen LogP contribution in [0.4, 0.5) is 5.69 Å². The minimum atomic E-state index is -3.57. The van der Waals surface area contributed by atoms with Crippen LogP contribution in [0.2, 0.25) is 0 Å². The van der Waals surface area contributed by atoms with Gasteiger partial charge in [0.05, 0.1) is 11.0 Å². The van der Waals surface area contributed by atoms with Crippen LogP contribution in [0.3, 0.4) is 0 Å². The lowest BCUT2D eigenvalue weighted by atomic mass is 10.2. The van der Waals surface area contributed by atoms with Crippen LogP contribution in [-0.2, 0) is 10.0 Å². The standard InChI is InChI=1S/C11H17BrN2O3S/c1-2-8(15)5-6-14-18(16,17)9-3-4-10(12)11(13)7-9/h3-4,7-8,14-15H,2,5-6,13H2,1H3. The molecule has 0 radical (unpaired) electrons. The first-order valence-electron chi connectivity index (χ1n) is 5.59. The van der Waals surface area contributed by atoms with Gasteiger partial charge in [-0.15, -0.1) is 0 Å². The Kier molecular flexibility index (Phi) is 5.58. The van der Waals surface area contributed by atoms with Gasteiger partial charge in [-0.25, -0.2) is 13.1 Å².